The van der Waals surface area contributed by atoms with Crippen molar-refractivity contribution < 1.29 is 9.90 Å². The molecule has 0 amide bonds. The predicted octanol–water partition coefficient (Wildman–Crippen LogP) is -0.483. The molecule has 0 heterocycles. The Morgan fingerprint density at radius 1 is 1.75 bits per heavy atom. The molecule has 0 fully saturated rings. The van der Waals surface area contributed by atoms with Crippen molar-refractivity contribution >= 4 is 17.7 Å². The second-order valence-electron chi connectivity index (χ2n) is 1.13. The van der Waals surface area contributed by atoms with Gasteiger partial charge in [0.25, 0.3) is 0 Å². The number of halogens is 1. The van der Waals surface area contributed by atoms with Crippen LogP contribution in [0.3, 0.4) is 0 Å². The molecule has 1 unspecified atom stereocenters. The number of nitrogens with two attached hydrogens (primary N) is 2. The summed E-state index contributed by atoms with van der Waals surface area (Å²) in [7, 11) is 0. The topological polar surface area (TPSA) is 89.3 Å². The summed E-state index contributed by atoms with van der Waals surface area (Å²) in [6, 6.07) is -0.731. The van der Waals surface area contributed by atoms with Gasteiger partial charge in [0.2, 0.25) is 0 Å². The second-order valence-corrected chi connectivity index (χ2v) is 1.13. The summed E-state index contributed by atoms with van der Waals surface area (Å²) in [5, 5.41) is 11.8. The first-order chi connectivity index (χ1) is 3.64. The molecule has 5 heteroatoms. The smallest absolute Gasteiger partial charge is 0.320 e. The van der Waals surface area contributed by atoms with Gasteiger partial charge in [-0.3, -0.25) is 4.79 Å². The summed E-state index contributed by atoms with van der Waals surface area (Å²) >= 11 is 4.14. The van der Waals surface area contributed by atoms with Crippen LogP contribution in [0.4, 0.5) is 0 Å². The molecule has 0 aromatic rings. The van der Waals surface area contributed by atoms with Crippen LogP contribution >= 0.6 is 11.8 Å². The minimum atomic E-state index is -0.963. The van der Waals surface area contributed by atoms with Crippen molar-refractivity contribution in [3.05, 3.63) is 0 Å². The number of rotatable bonds is 1. The zero-order valence-electron chi connectivity index (χ0n) is 4.47. The van der Waals surface area contributed by atoms with Crippen LogP contribution in [-0.2, 0) is 4.79 Å². The van der Waals surface area contributed by atoms with Crippen molar-refractivity contribution in [3.63, 3.8) is 0 Å². The number of carboxylic acids is 1. The highest BCUT2D eigenvalue weighted by Crippen LogP contribution is 1.68. The summed E-state index contributed by atoms with van der Waals surface area (Å²) in [4.78, 5) is 9.57. The number of carbonyl (C=O) groups is 1. The molecule has 0 bridgehead atoms. The van der Waals surface area contributed by atoms with Crippen LogP contribution in [0.5, 0.6) is 0 Å². The minimum Gasteiger partial charge on any atom is -0.480 e. The summed E-state index contributed by atoms with van der Waals surface area (Å²) in [6.07, 6.45) is 0. The Labute approximate surface area is 52.5 Å². The van der Waals surface area contributed by atoms with Gasteiger partial charge in [-0.05, 0) is 18.7 Å². The molecule has 0 rings (SSSR count). The molecule has 0 saturated heterocycles. The largest absolute Gasteiger partial charge is 0.480 e. The molecule has 0 aliphatic carbocycles. The maximum atomic E-state index is 9.57. The Hall–Kier alpha value is -0.320. The van der Waals surface area contributed by atoms with Crippen LogP contribution in [-0.4, -0.2) is 17.1 Å². The molecule has 0 saturated carbocycles. The van der Waals surface area contributed by atoms with Gasteiger partial charge in [-0.15, -0.1) is 0 Å². The molecule has 0 aliphatic rings. The van der Waals surface area contributed by atoms with Crippen molar-refractivity contribution in [1.82, 2.24) is 0 Å². The van der Waals surface area contributed by atoms with Gasteiger partial charge < -0.3 is 10.8 Å². The van der Waals surface area contributed by atoms with Gasteiger partial charge in [0.15, 0.2) is 0 Å². The maximum absolute atomic E-state index is 9.57. The van der Waals surface area contributed by atoms with E-state index in [1.54, 1.807) is 0 Å². The first kappa shape index (κ1) is 10.6. The van der Waals surface area contributed by atoms with E-state index in [0.29, 0.717) is 0 Å². The zero-order valence-corrected chi connectivity index (χ0v) is 5.22. The van der Waals surface area contributed by atoms with Crippen molar-refractivity contribution in [2.45, 2.75) is 13.0 Å². The van der Waals surface area contributed by atoms with Crippen LogP contribution in [0.15, 0.2) is 0 Å². The average Bonchev–Trinajstić information content (AvgIpc) is 1.72. The van der Waals surface area contributed by atoms with Gasteiger partial charge in [0.05, 0.1) is 0 Å². The molecule has 0 aromatic heterocycles. The first-order valence-corrected chi connectivity index (χ1v) is 2.28. The Morgan fingerprint density at radius 3 is 1.88 bits per heavy atom. The number of aliphatic carboxylic acids is 1. The van der Waals surface area contributed by atoms with E-state index in [4.69, 9.17) is 10.8 Å². The first-order valence-electron chi connectivity index (χ1n) is 1.85. The zero-order chi connectivity index (χ0) is 7.15. The van der Waals surface area contributed by atoms with Crippen molar-refractivity contribution in [2.75, 3.05) is 0 Å². The van der Waals surface area contributed by atoms with Crippen LogP contribution in [0, 0.1) is 0 Å². The van der Waals surface area contributed by atoms with Gasteiger partial charge in [0, 0.05) is 0 Å². The van der Waals surface area contributed by atoms with E-state index >= 15 is 0 Å². The van der Waals surface area contributed by atoms with Crippen molar-refractivity contribution in [3.8, 4) is 0 Å². The molecule has 8 heavy (non-hydrogen) atoms. The Balaban J connectivity index is 0. The van der Waals surface area contributed by atoms with E-state index < -0.39 is 12.0 Å². The fourth-order valence-electron chi connectivity index (χ4n) is 0. The Kier molecular flexibility index (Phi) is 8.87. The second kappa shape index (κ2) is 6.68. The molecule has 5 N–H and O–H groups in total. The maximum Gasteiger partial charge on any atom is 0.320 e. The monoisotopic (exact) mass is 140 g/mol. The summed E-state index contributed by atoms with van der Waals surface area (Å²) in [5.74, 6) is -0.963. The fourth-order valence-corrected chi connectivity index (χ4v) is 0. The lowest BCUT2D eigenvalue weighted by Crippen LogP contribution is -2.25. The van der Waals surface area contributed by atoms with Crippen molar-refractivity contribution in [1.29, 1.82) is 0 Å². The Morgan fingerprint density at radius 2 is 1.88 bits per heavy atom. The molecule has 0 spiro atoms. The van der Waals surface area contributed by atoms with Gasteiger partial charge in [-0.2, -0.15) is 0 Å². The van der Waals surface area contributed by atoms with Crippen LogP contribution in [0.25, 0.3) is 0 Å². The van der Waals surface area contributed by atoms with Gasteiger partial charge in [-0.1, -0.05) is 0 Å². The molecular formula is C3H9ClN2O2. The third-order valence-electron chi connectivity index (χ3n) is 0.390. The third kappa shape index (κ3) is 9.19. The Bertz CT molecular complexity index is 66.3. The van der Waals surface area contributed by atoms with E-state index in [9.17, 15) is 4.79 Å². The molecule has 0 aromatic carbocycles. The third-order valence-corrected chi connectivity index (χ3v) is 0.390. The molecular weight excluding hydrogens is 131 g/mol. The van der Waals surface area contributed by atoms with Crippen LogP contribution in [0.2, 0.25) is 0 Å². The normalized spacial score (nSPS) is 11.0. The molecule has 50 valence electrons. The van der Waals surface area contributed by atoms with Gasteiger partial charge in [0.1, 0.15) is 6.04 Å². The van der Waals surface area contributed by atoms with E-state index in [-0.39, 0.29) is 0 Å². The van der Waals surface area contributed by atoms with E-state index in [1.165, 1.54) is 6.92 Å². The molecule has 4 nitrogen and oxygen atoms in total. The fraction of sp³-hybridized carbons (Fsp3) is 0.667. The molecule has 0 aliphatic heterocycles. The number of hydrogen-bond donors (Lipinski definition) is 3. The lowest BCUT2D eigenvalue weighted by Gasteiger charge is -1.90. The number of carboxylic acid groups (broad SMARTS) is 1. The van der Waals surface area contributed by atoms with Gasteiger partial charge >= 0.3 is 5.97 Å². The lowest BCUT2D eigenvalue weighted by molar-refractivity contribution is -0.138. The SMILES string of the molecule is CC(N)C(=O)O.NCl. The molecule has 1 atom stereocenters. The summed E-state index contributed by atoms with van der Waals surface area (Å²) < 4.78 is 0. The summed E-state index contributed by atoms with van der Waals surface area (Å²) in [6.45, 7) is 1.42. The average molecular weight is 141 g/mol. The van der Waals surface area contributed by atoms with E-state index in [2.05, 4.69) is 17.0 Å². The number of hydrogen-bond acceptors (Lipinski definition) is 3. The quantitative estimate of drug-likeness (QED) is 0.429. The molecule has 0 radical (unpaired) electrons. The predicted molar refractivity (Wildman–Crippen MR) is 31.3 cm³/mol. The highest BCUT2D eigenvalue weighted by Gasteiger charge is 1.99. The van der Waals surface area contributed by atoms with Gasteiger partial charge in [-0.25, -0.2) is 5.25 Å². The lowest BCUT2D eigenvalue weighted by atomic mass is 10.4. The standard InChI is InChI=1S/C3H7NO2.ClH2N/c1-2(4)3(5)6;1-2/h2H,4H2,1H3,(H,5,6);2H2. The van der Waals surface area contributed by atoms with Crippen LogP contribution in [0.1, 0.15) is 6.92 Å². The minimum absolute atomic E-state index is 0.731. The highest BCUT2D eigenvalue weighted by atomic mass is 35.5. The van der Waals surface area contributed by atoms with E-state index in [1.807, 2.05) is 0 Å². The van der Waals surface area contributed by atoms with Crippen molar-refractivity contribution in [2.24, 2.45) is 11.0 Å². The van der Waals surface area contributed by atoms with Crippen LogP contribution < -0.4 is 11.0 Å². The highest BCUT2D eigenvalue weighted by molar-refractivity contribution is 6.11. The summed E-state index contributed by atoms with van der Waals surface area (Å²) in [5.41, 5.74) is 4.84. The van der Waals surface area contributed by atoms with E-state index in [0.717, 1.165) is 0 Å².